The van der Waals surface area contributed by atoms with E-state index >= 15 is 0 Å². The van der Waals surface area contributed by atoms with Crippen LogP contribution in [-0.2, 0) is 33.4 Å². The molecule has 3 heterocycles. The fourth-order valence-electron chi connectivity index (χ4n) is 7.84. The lowest BCUT2D eigenvalue weighted by Crippen LogP contribution is -2.56. The third kappa shape index (κ3) is 7.10. The van der Waals surface area contributed by atoms with Crippen LogP contribution in [0.5, 0.6) is 0 Å². The van der Waals surface area contributed by atoms with Crippen molar-refractivity contribution in [1.82, 2.24) is 10.2 Å². The highest BCUT2D eigenvalue weighted by Gasteiger charge is 2.75. The van der Waals surface area contributed by atoms with E-state index in [1.54, 1.807) is 48.6 Å². The molecule has 3 saturated heterocycles. The molecule has 3 aliphatic heterocycles. The van der Waals surface area contributed by atoms with Gasteiger partial charge in [0.05, 0.1) is 41.3 Å². The zero-order chi connectivity index (χ0) is 36.0. The number of hydrogen-bond acceptors (Lipinski definition) is 8. The number of anilines is 1. The lowest BCUT2D eigenvalue weighted by Gasteiger charge is -2.37. The van der Waals surface area contributed by atoms with E-state index in [0.29, 0.717) is 35.5 Å². The van der Waals surface area contributed by atoms with Crippen LogP contribution in [0.2, 0.25) is 5.02 Å². The summed E-state index contributed by atoms with van der Waals surface area (Å²) in [7, 11) is 1.50. The van der Waals surface area contributed by atoms with Gasteiger partial charge in [-0.1, -0.05) is 66.2 Å². The molecule has 0 unspecified atom stereocenters. The molecule has 0 saturated carbocycles. The number of aliphatic hydroxyl groups excluding tert-OH is 1. The summed E-state index contributed by atoms with van der Waals surface area (Å²) < 4.78 is 18.3. The Hall–Kier alpha value is -4.03. The predicted molar refractivity (Wildman–Crippen MR) is 188 cm³/mol. The average Bonchev–Trinajstić information content (AvgIpc) is 3.75. The lowest BCUT2D eigenvalue weighted by molar-refractivity contribution is -0.163. The summed E-state index contributed by atoms with van der Waals surface area (Å²) in [5.41, 5.74) is 0.595. The number of nitrogens with zero attached hydrogens (tertiary/aromatic N) is 2. The van der Waals surface area contributed by atoms with Gasteiger partial charge in [-0.15, -0.1) is 13.2 Å². The Morgan fingerprint density at radius 1 is 1.18 bits per heavy atom. The van der Waals surface area contributed by atoms with E-state index in [2.05, 4.69) is 18.5 Å². The van der Waals surface area contributed by atoms with E-state index in [1.807, 2.05) is 19.1 Å². The van der Waals surface area contributed by atoms with Gasteiger partial charge in [-0.05, 0) is 49.8 Å². The predicted octanol–water partition coefficient (Wildman–Crippen LogP) is 4.31. The van der Waals surface area contributed by atoms with Gasteiger partial charge in [-0.2, -0.15) is 0 Å². The number of para-hydroxylation sites is 1. The second-order valence-corrected chi connectivity index (χ2v) is 13.4. The van der Waals surface area contributed by atoms with Gasteiger partial charge in [-0.25, -0.2) is 0 Å². The highest BCUT2D eigenvalue weighted by molar-refractivity contribution is 6.34. The average molecular weight is 708 g/mol. The molecule has 0 radical (unpaired) electrons. The van der Waals surface area contributed by atoms with E-state index in [1.165, 1.54) is 16.9 Å². The number of fused-ring (bicyclic) bond motifs is 1. The number of esters is 1. The van der Waals surface area contributed by atoms with Crippen LogP contribution < -0.4 is 10.2 Å². The van der Waals surface area contributed by atoms with E-state index in [9.17, 15) is 24.3 Å². The minimum absolute atomic E-state index is 0.0513. The molecule has 2 bridgehead atoms. The number of rotatable bonds is 17. The molecule has 2 aromatic carbocycles. The molecule has 2 aromatic rings. The number of carbonyl (C=O) groups is 4. The normalized spacial score (nSPS) is 24.7. The summed E-state index contributed by atoms with van der Waals surface area (Å²) in [6, 6.07) is 12.6. The van der Waals surface area contributed by atoms with Crippen LogP contribution in [-0.4, -0.2) is 90.9 Å². The van der Waals surface area contributed by atoms with Gasteiger partial charge in [0.15, 0.2) is 0 Å². The van der Waals surface area contributed by atoms with Crippen LogP contribution in [0.1, 0.15) is 49.3 Å². The molecule has 11 nitrogen and oxygen atoms in total. The van der Waals surface area contributed by atoms with Crippen molar-refractivity contribution in [3.63, 3.8) is 0 Å². The Morgan fingerprint density at radius 2 is 1.94 bits per heavy atom. The van der Waals surface area contributed by atoms with Gasteiger partial charge in [0.1, 0.15) is 17.7 Å². The Balaban J connectivity index is 1.50. The second kappa shape index (κ2) is 16.3. The van der Waals surface area contributed by atoms with Crippen LogP contribution in [0, 0.1) is 18.8 Å². The molecule has 0 aromatic heterocycles. The number of halogens is 1. The molecule has 2 N–H and O–H groups in total. The van der Waals surface area contributed by atoms with E-state index in [0.717, 1.165) is 5.56 Å². The number of likely N-dealkylation sites (tertiary alicyclic amines) is 1. The first-order chi connectivity index (χ1) is 24.1. The molecule has 1 spiro atoms. The van der Waals surface area contributed by atoms with Crippen LogP contribution in [0.15, 0.2) is 73.8 Å². The summed E-state index contributed by atoms with van der Waals surface area (Å²) in [4.78, 5) is 59.4. The first kappa shape index (κ1) is 37.2. The Morgan fingerprint density at radius 3 is 2.60 bits per heavy atom. The van der Waals surface area contributed by atoms with Gasteiger partial charge in [0.2, 0.25) is 11.8 Å². The number of allylic oxidation sites excluding steroid dienone is 1. The molecule has 12 heteroatoms. The number of aryl methyl sites for hydroxylation is 1. The molecular weight excluding hydrogens is 662 g/mol. The van der Waals surface area contributed by atoms with Gasteiger partial charge in [0.25, 0.3) is 5.91 Å². The summed E-state index contributed by atoms with van der Waals surface area (Å²) >= 11 is 6.64. The van der Waals surface area contributed by atoms with Gasteiger partial charge in [-0.3, -0.25) is 19.2 Å². The monoisotopic (exact) mass is 707 g/mol. The number of benzene rings is 2. The summed E-state index contributed by atoms with van der Waals surface area (Å²) in [6.45, 7) is 9.44. The van der Waals surface area contributed by atoms with Crippen LogP contribution in [0.25, 0.3) is 0 Å². The maximum atomic E-state index is 14.8. The number of amides is 3. The second-order valence-electron chi connectivity index (χ2n) is 13.0. The molecule has 0 aliphatic carbocycles. The quantitative estimate of drug-likeness (QED) is 0.184. The maximum absolute atomic E-state index is 14.8. The summed E-state index contributed by atoms with van der Waals surface area (Å²) in [5, 5.41) is 13.1. The van der Waals surface area contributed by atoms with Gasteiger partial charge in [0, 0.05) is 33.2 Å². The SMILES string of the molecule is C=CCCC(=O)N[C@@H](COC)[C@@H](OC(=O)[C@@H]1[C@@H]2CC[C@]3(O2)[C@H](C(=O)N(CC=C)c2c(C)cccc2Cl)N(CCCO)C(=O)[C@@H]13)c1ccccc1. The third-order valence-electron chi connectivity index (χ3n) is 9.90. The number of hydrogen-bond donors (Lipinski definition) is 2. The zero-order valence-electron chi connectivity index (χ0n) is 28.6. The molecule has 3 fully saturated rings. The Kier molecular flexibility index (Phi) is 12.2. The van der Waals surface area contributed by atoms with E-state index in [-0.39, 0.29) is 45.1 Å². The molecule has 5 rings (SSSR count). The fraction of sp³-hybridized carbons (Fsp3) is 0.474. The van der Waals surface area contributed by atoms with Crippen LogP contribution in [0.3, 0.4) is 0 Å². The van der Waals surface area contributed by atoms with Crippen molar-refractivity contribution in [3.8, 4) is 0 Å². The topological polar surface area (TPSA) is 135 Å². The number of aliphatic hydroxyl groups is 1. The van der Waals surface area contributed by atoms with E-state index < -0.39 is 59.5 Å². The first-order valence-corrected chi connectivity index (χ1v) is 17.4. The smallest absolute Gasteiger partial charge is 0.313 e. The highest BCUT2D eigenvalue weighted by Crippen LogP contribution is 2.59. The van der Waals surface area contributed by atoms with Crippen molar-refractivity contribution in [2.75, 3.05) is 38.3 Å². The zero-order valence-corrected chi connectivity index (χ0v) is 29.3. The van der Waals surface area contributed by atoms with Crippen molar-refractivity contribution in [2.24, 2.45) is 11.8 Å². The summed E-state index contributed by atoms with van der Waals surface area (Å²) in [5.74, 6) is -3.74. The van der Waals surface area contributed by atoms with Crippen molar-refractivity contribution in [3.05, 3.63) is 90.0 Å². The minimum Gasteiger partial charge on any atom is -0.455 e. The largest absolute Gasteiger partial charge is 0.455 e. The molecule has 7 atom stereocenters. The summed E-state index contributed by atoms with van der Waals surface area (Å²) in [6.07, 6.45) is 3.34. The molecule has 50 heavy (non-hydrogen) atoms. The Labute approximate surface area is 298 Å². The van der Waals surface area contributed by atoms with Crippen molar-refractivity contribution < 1.29 is 38.5 Å². The lowest BCUT2D eigenvalue weighted by atomic mass is 9.70. The van der Waals surface area contributed by atoms with Crippen LogP contribution >= 0.6 is 11.6 Å². The highest BCUT2D eigenvalue weighted by atomic mass is 35.5. The number of ether oxygens (including phenoxy) is 3. The molecule has 3 aliphatic rings. The maximum Gasteiger partial charge on any atom is 0.313 e. The van der Waals surface area contributed by atoms with E-state index in [4.69, 9.17) is 25.8 Å². The third-order valence-corrected chi connectivity index (χ3v) is 10.2. The van der Waals surface area contributed by atoms with Crippen molar-refractivity contribution in [1.29, 1.82) is 0 Å². The Bertz CT molecular complexity index is 1570. The van der Waals surface area contributed by atoms with Crippen LogP contribution in [0.4, 0.5) is 5.69 Å². The number of nitrogens with one attached hydrogen (secondary N) is 1. The van der Waals surface area contributed by atoms with Gasteiger partial charge >= 0.3 is 5.97 Å². The molecule has 268 valence electrons. The fourth-order valence-corrected chi connectivity index (χ4v) is 8.16. The minimum atomic E-state index is -1.31. The van der Waals surface area contributed by atoms with Crippen molar-refractivity contribution in [2.45, 2.75) is 68.9 Å². The molecule has 3 amide bonds. The molecular formula is C38H46ClN3O8. The number of methoxy groups -OCH3 is 1. The standard InChI is InChI=1S/C38H46ClN3O8/c1-5-7-17-29(44)40-27(23-48-4)33(25-14-9-8-10-15-25)49-37(47)30-28-18-19-38(50-28)31(30)35(45)42(21-12-22-43)34(38)36(46)41(20-6-2)32-24(3)13-11-16-26(32)39/h5-6,8-11,13-16,27-28,30-31,33-34,43H,1-2,7,12,17-23H2,3-4H3,(H,40,44)/t27-,28-,30+,31+,33-,34-,38+/m0/s1. The van der Waals surface area contributed by atoms with Gasteiger partial charge < -0.3 is 34.4 Å². The first-order valence-electron chi connectivity index (χ1n) is 17.0. The number of carbonyl (C=O) groups excluding carboxylic acids is 4. The van der Waals surface area contributed by atoms with Crippen molar-refractivity contribution >= 4 is 41.0 Å².